The minimum Gasteiger partial charge on any atom is -0.364 e. The number of rotatable bonds is 2. The van der Waals surface area contributed by atoms with Crippen molar-refractivity contribution in [3.8, 4) is 11.1 Å². The highest BCUT2D eigenvalue weighted by atomic mass is 16.5. The van der Waals surface area contributed by atoms with Crippen LogP contribution in [-0.2, 0) is 17.8 Å². The molecule has 0 aromatic heterocycles. The Balaban J connectivity index is 1.76. The summed E-state index contributed by atoms with van der Waals surface area (Å²) in [6.07, 6.45) is 1.41. The molecule has 1 aliphatic carbocycles. The highest BCUT2D eigenvalue weighted by Gasteiger charge is 2.34. The Morgan fingerprint density at radius 3 is 2.32 bits per heavy atom. The first kappa shape index (κ1) is 14.6. The Hall–Kier alpha value is -2.71. The van der Waals surface area contributed by atoms with Crippen molar-refractivity contribution in [2.75, 3.05) is 0 Å². The number of hydrogen-bond acceptors (Lipinski definition) is 2. The van der Waals surface area contributed by atoms with Gasteiger partial charge in [-0.15, -0.1) is 0 Å². The van der Waals surface area contributed by atoms with Crippen LogP contribution in [0.4, 0.5) is 0 Å². The van der Waals surface area contributed by atoms with E-state index in [4.69, 9.17) is 4.74 Å². The van der Waals surface area contributed by atoms with E-state index < -0.39 is 0 Å². The lowest BCUT2D eigenvalue weighted by Gasteiger charge is -2.16. The third-order valence-corrected chi connectivity index (χ3v) is 5.29. The maximum atomic E-state index is 12.6. The highest BCUT2D eigenvalue weighted by molar-refractivity contribution is 6.07. The lowest BCUT2D eigenvalue weighted by atomic mass is 9.87. The molecule has 0 amide bonds. The number of hydrogen-bond donors (Lipinski definition) is 0. The van der Waals surface area contributed by atoms with Crippen LogP contribution >= 0.6 is 0 Å². The van der Waals surface area contributed by atoms with Gasteiger partial charge in [0.1, 0.15) is 6.10 Å². The fourth-order valence-electron chi connectivity index (χ4n) is 4.16. The van der Waals surface area contributed by atoms with Gasteiger partial charge in [-0.05, 0) is 39.8 Å². The van der Waals surface area contributed by atoms with E-state index in [0.717, 1.165) is 23.1 Å². The second kappa shape index (κ2) is 5.68. The molecule has 0 spiro atoms. The van der Waals surface area contributed by atoms with Crippen molar-refractivity contribution in [3.63, 3.8) is 0 Å². The molecule has 5 rings (SSSR count). The molecule has 2 aliphatic rings. The zero-order valence-electron chi connectivity index (χ0n) is 13.9. The van der Waals surface area contributed by atoms with E-state index in [1.165, 1.54) is 22.3 Å². The molecule has 1 aliphatic heterocycles. The molecule has 3 aromatic carbocycles. The number of ether oxygens (including phenoxy) is 1. The molecule has 0 radical (unpaired) electrons. The van der Waals surface area contributed by atoms with E-state index in [9.17, 15) is 4.79 Å². The van der Waals surface area contributed by atoms with Gasteiger partial charge in [0.2, 0.25) is 0 Å². The summed E-state index contributed by atoms with van der Waals surface area (Å²) in [7, 11) is 0. The summed E-state index contributed by atoms with van der Waals surface area (Å²) in [5.74, 6) is 0.264. The lowest BCUT2D eigenvalue weighted by Crippen LogP contribution is -2.03. The van der Waals surface area contributed by atoms with Crippen molar-refractivity contribution >= 4 is 5.78 Å². The topological polar surface area (TPSA) is 26.3 Å². The summed E-state index contributed by atoms with van der Waals surface area (Å²) in [6, 6.07) is 22.8. The molecule has 0 fully saturated rings. The van der Waals surface area contributed by atoms with Crippen molar-refractivity contribution in [2.24, 2.45) is 0 Å². The van der Waals surface area contributed by atoms with Crippen LogP contribution in [0.1, 0.15) is 45.1 Å². The zero-order chi connectivity index (χ0) is 16.8. The highest BCUT2D eigenvalue weighted by Crippen LogP contribution is 2.45. The largest absolute Gasteiger partial charge is 0.364 e. The van der Waals surface area contributed by atoms with Crippen LogP contribution in [0.3, 0.4) is 0 Å². The van der Waals surface area contributed by atoms with Crippen LogP contribution in [0, 0.1) is 0 Å². The minimum atomic E-state index is -0.0420. The number of ketones is 1. The second-order valence-corrected chi connectivity index (χ2v) is 6.74. The molecule has 0 saturated heterocycles. The van der Waals surface area contributed by atoms with Crippen LogP contribution in [-0.4, -0.2) is 5.78 Å². The summed E-state index contributed by atoms with van der Waals surface area (Å²) in [6.45, 7) is 0.555. The minimum absolute atomic E-state index is 0.0420. The standard InChI is InChI=1S/C23H18O2/c24-20-12-11-17-13-18-19(14-25-23(18)16-9-5-2-6-10-16)21(22(17)20)15-7-3-1-4-8-15/h1-10,13,23H,11-12,14H2. The van der Waals surface area contributed by atoms with E-state index in [1.54, 1.807) is 0 Å². The van der Waals surface area contributed by atoms with Crippen LogP contribution < -0.4 is 0 Å². The normalized spacial score (nSPS) is 18.2. The fraction of sp³-hybridized carbons (Fsp3) is 0.174. The van der Waals surface area contributed by atoms with Crippen molar-refractivity contribution in [2.45, 2.75) is 25.6 Å². The molecule has 25 heavy (non-hydrogen) atoms. The Morgan fingerprint density at radius 1 is 0.840 bits per heavy atom. The molecule has 2 heteroatoms. The molecule has 1 atom stereocenters. The van der Waals surface area contributed by atoms with Crippen molar-refractivity contribution < 1.29 is 9.53 Å². The Morgan fingerprint density at radius 2 is 1.56 bits per heavy atom. The maximum absolute atomic E-state index is 12.6. The Bertz CT molecular complexity index is 958. The second-order valence-electron chi connectivity index (χ2n) is 6.74. The molecule has 0 saturated carbocycles. The first-order valence-electron chi connectivity index (χ1n) is 8.77. The Kier molecular flexibility index (Phi) is 3.32. The molecule has 1 heterocycles. The van der Waals surface area contributed by atoms with Crippen LogP contribution in [0.25, 0.3) is 11.1 Å². The number of carbonyl (C=O) groups excluding carboxylic acids is 1. The van der Waals surface area contributed by atoms with Crippen molar-refractivity contribution in [1.82, 2.24) is 0 Å². The van der Waals surface area contributed by atoms with Crippen LogP contribution in [0.15, 0.2) is 66.7 Å². The van der Waals surface area contributed by atoms with Gasteiger partial charge in [-0.2, -0.15) is 0 Å². The zero-order valence-corrected chi connectivity index (χ0v) is 13.9. The number of fused-ring (bicyclic) bond motifs is 2. The average molecular weight is 326 g/mol. The maximum Gasteiger partial charge on any atom is 0.164 e. The van der Waals surface area contributed by atoms with E-state index in [-0.39, 0.29) is 11.9 Å². The van der Waals surface area contributed by atoms with Gasteiger partial charge >= 0.3 is 0 Å². The summed E-state index contributed by atoms with van der Waals surface area (Å²) in [4.78, 5) is 12.6. The quantitative estimate of drug-likeness (QED) is 0.655. The fourth-order valence-corrected chi connectivity index (χ4v) is 4.16. The smallest absolute Gasteiger partial charge is 0.164 e. The van der Waals surface area contributed by atoms with Crippen LogP contribution in [0.5, 0.6) is 0 Å². The van der Waals surface area contributed by atoms with E-state index in [2.05, 4.69) is 30.3 Å². The van der Waals surface area contributed by atoms with E-state index >= 15 is 0 Å². The van der Waals surface area contributed by atoms with Gasteiger partial charge in [0.15, 0.2) is 5.78 Å². The molecular weight excluding hydrogens is 308 g/mol. The molecule has 1 unspecified atom stereocenters. The Labute approximate surface area is 147 Å². The van der Waals surface area contributed by atoms with Gasteiger partial charge < -0.3 is 4.74 Å². The number of Topliss-reactive ketones (excluding diaryl/α,β-unsaturated/α-hetero) is 1. The monoisotopic (exact) mass is 326 g/mol. The van der Waals surface area contributed by atoms with Crippen molar-refractivity contribution in [3.05, 3.63) is 94.5 Å². The molecule has 122 valence electrons. The van der Waals surface area contributed by atoms with E-state index in [0.29, 0.717) is 13.0 Å². The molecule has 0 bridgehead atoms. The third kappa shape index (κ3) is 2.25. The first-order valence-corrected chi connectivity index (χ1v) is 8.77. The van der Waals surface area contributed by atoms with Gasteiger partial charge in [0, 0.05) is 12.0 Å². The van der Waals surface area contributed by atoms with Gasteiger partial charge in [-0.1, -0.05) is 66.7 Å². The van der Waals surface area contributed by atoms with Gasteiger partial charge in [0.25, 0.3) is 0 Å². The summed E-state index contributed by atoms with van der Waals surface area (Å²) < 4.78 is 6.17. The first-order chi connectivity index (χ1) is 12.3. The summed E-state index contributed by atoms with van der Waals surface area (Å²) >= 11 is 0. The predicted molar refractivity (Wildman–Crippen MR) is 97.6 cm³/mol. The molecule has 2 nitrogen and oxygen atoms in total. The summed E-state index contributed by atoms with van der Waals surface area (Å²) in [5.41, 5.74) is 7.87. The SMILES string of the molecule is O=C1CCc2cc3c(c(-c4ccccc4)c21)COC3c1ccccc1. The van der Waals surface area contributed by atoms with Crippen molar-refractivity contribution in [1.29, 1.82) is 0 Å². The van der Waals surface area contributed by atoms with E-state index in [1.807, 2.05) is 36.4 Å². The average Bonchev–Trinajstić information content (AvgIpc) is 3.25. The number of carbonyl (C=O) groups is 1. The van der Waals surface area contributed by atoms with Gasteiger partial charge in [0.05, 0.1) is 6.61 Å². The third-order valence-electron chi connectivity index (χ3n) is 5.29. The number of aryl methyl sites for hydroxylation is 1. The molecule has 3 aromatic rings. The predicted octanol–water partition coefficient (Wildman–Crippen LogP) is 5.10. The van der Waals surface area contributed by atoms with Gasteiger partial charge in [-0.3, -0.25) is 4.79 Å². The molecule has 0 N–H and O–H groups in total. The van der Waals surface area contributed by atoms with Gasteiger partial charge in [-0.25, -0.2) is 0 Å². The summed E-state index contributed by atoms with van der Waals surface area (Å²) in [5, 5.41) is 0. The molecular formula is C23H18O2. The number of benzene rings is 3. The van der Waals surface area contributed by atoms with Crippen LogP contribution in [0.2, 0.25) is 0 Å². The lowest BCUT2D eigenvalue weighted by molar-refractivity contribution is 0.0940.